The number of pyridine rings is 1. The van der Waals surface area contributed by atoms with Gasteiger partial charge in [-0.25, -0.2) is 4.98 Å². The van der Waals surface area contributed by atoms with Gasteiger partial charge in [0.15, 0.2) is 5.69 Å². The van der Waals surface area contributed by atoms with Crippen LogP contribution in [0, 0.1) is 5.92 Å². The zero-order valence-corrected chi connectivity index (χ0v) is 10.9. The van der Waals surface area contributed by atoms with Gasteiger partial charge in [0.1, 0.15) is 0 Å². The van der Waals surface area contributed by atoms with Gasteiger partial charge in [-0.05, 0) is 31.9 Å². The second-order valence-corrected chi connectivity index (χ2v) is 4.92. The first-order valence-corrected chi connectivity index (χ1v) is 6.31. The Morgan fingerprint density at radius 1 is 1.42 bits per heavy atom. The second kappa shape index (κ2) is 5.26. The molecule has 6 nitrogen and oxygen atoms in total. The van der Waals surface area contributed by atoms with Gasteiger partial charge >= 0.3 is 0 Å². The minimum Gasteiger partial charge on any atom is -0.397 e. The third-order valence-corrected chi connectivity index (χ3v) is 3.59. The fourth-order valence-corrected chi connectivity index (χ4v) is 2.35. The van der Waals surface area contributed by atoms with Crippen LogP contribution in [-0.2, 0) is 4.79 Å². The van der Waals surface area contributed by atoms with Gasteiger partial charge in [-0.15, -0.1) is 0 Å². The number of aromatic nitrogens is 1. The number of rotatable bonds is 2. The van der Waals surface area contributed by atoms with Gasteiger partial charge in [0, 0.05) is 18.8 Å². The first-order valence-electron chi connectivity index (χ1n) is 6.31. The van der Waals surface area contributed by atoms with E-state index in [1.165, 1.54) is 6.20 Å². The van der Waals surface area contributed by atoms with Crippen LogP contribution in [0.1, 0.15) is 30.3 Å². The van der Waals surface area contributed by atoms with E-state index < -0.39 is 0 Å². The molecule has 1 saturated heterocycles. The molecule has 1 aliphatic heterocycles. The zero-order valence-electron chi connectivity index (χ0n) is 10.9. The predicted octanol–water partition coefficient (Wildman–Crippen LogP) is 0.390. The Morgan fingerprint density at radius 3 is 2.79 bits per heavy atom. The summed E-state index contributed by atoms with van der Waals surface area (Å²) in [4.78, 5) is 29.4. The molecule has 0 aliphatic carbocycles. The van der Waals surface area contributed by atoms with Crippen molar-refractivity contribution in [3.05, 3.63) is 24.0 Å². The molecule has 102 valence electrons. The van der Waals surface area contributed by atoms with Gasteiger partial charge in [-0.3, -0.25) is 9.59 Å². The van der Waals surface area contributed by atoms with Gasteiger partial charge < -0.3 is 16.4 Å². The van der Waals surface area contributed by atoms with Crippen molar-refractivity contribution in [3.63, 3.8) is 0 Å². The largest absolute Gasteiger partial charge is 0.397 e. The number of hydrogen-bond donors (Lipinski definition) is 2. The summed E-state index contributed by atoms with van der Waals surface area (Å²) < 4.78 is 0. The van der Waals surface area contributed by atoms with E-state index in [2.05, 4.69) is 4.98 Å². The van der Waals surface area contributed by atoms with Crippen LogP contribution < -0.4 is 11.5 Å². The van der Waals surface area contributed by atoms with Gasteiger partial charge in [-0.2, -0.15) is 0 Å². The maximum Gasteiger partial charge on any atom is 0.274 e. The van der Waals surface area contributed by atoms with E-state index in [1.54, 1.807) is 17.0 Å². The van der Waals surface area contributed by atoms with Gasteiger partial charge in [0.25, 0.3) is 5.91 Å². The van der Waals surface area contributed by atoms with E-state index in [0.29, 0.717) is 12.2 Å². The highest BCUT2D eigenvalue weighted by molar-refractivity contribution is 5.97. The molecule has 0 aromatic carbocycles. The van der Waals surface area contributed by atoms with Crippen LogP contribution in [0.25, 0.3) is 0 Å². The second-order valence-electron chi connectivity index (χ2n) is 4.92. The molecule has 2 atom stereocenters. The summed E-state index contributed by atoms with van der Waals surface area (Å²) in [7, 11) is 0. The number of piperidine rings is 1. The van der Waals surface area contributed by atoms with Crippen LogP contribution in [-0.4, -0.2) is 34.3 Å². The van der Waals surface area contributed by atoms with E-state index in [-0.39, 0.29) is 29.5 Å². The molecule has 0 radical (unpaired) electrons. The monoisotopic (exact) mass is 262 g/mol. The highest BCUT2D eigenvalue weighted by Gasteiger charge is 2.33. The number of nitrogens with two attached hydrogens (primary N) is 2. The highest BCUT2D eigenvalue weighted by atomic mass is 16.2. The Hall–Kier alpha value is -2.11. The Kier molecular flexibility index (Phi) is 3.69. The first kappa shape index (κ1) is 13.3. The quantitative estimate of drug-likeness (QED) is 0.804. The van der Waals surface area contributed by atoms with Crippen molar-refractivity contribution < 1.29 is 9.59 Å². The van der Waals surface area contributed by atoms with Crippen LogP contribution in [0.4, 0.5) is 5.69 Å². The maximum atomic E-state index is 12.4. The molecule has 1 aromatic heterocycles. The average molecular weight is 262 g/mol. The smallest absolute Gasteiger partial charge is 0.274 e. The van der Waals surface area contributed by atoms with Crippen LogP contribution in [0.3, 0.4) is 0 Å². The SMILES string of the molecule is CC1CCC(C(N)=O)CN1C(=O)c1ncccc1N. The number of carbonyl (C=O) groups is 2. The molecule has 4 N–H and O–H groups in total. The third-order valence-electron chi connectivity index (χ3n) is 3.59. The molecule has 1 aliphatic rings. The van der Waals surface area contributed by atoms with E-state index >= 15 is 0 Å². The summed E-state index contributed by atoms with van der Waals surface area (Å²) in [5, 5.41) is 0. The number of hydrogen-bond acceptors (Lipinski definition) is 4. The van der Waals surface area contributed by atoms with E-state index in [1.807, 2.05) is 6.92 Å². The fourth-order valence-electron chi connectivity index (χ4n) is 2.35. The lowest BCUT2D eigenvalue weighted by Crippen LogP contribution is -2.48. The van der Waals surface area contributed by atoms with Crippen LogP contribution in [0.15, 0.2) is 18.3 Å². The molecule has 2 heterocycles. The lowest BCUT2D eigenvalue weighted by molar-refractivity contribution is -0.123. The molecule has 0 bridgehead atoms. The lowest BCUT2D eigenvalue weighted by Gasteiger charge is -2.36. The van der Waals surface area contributed by atoms with Crippen molar-refractivity contribution in [1.82, 2.24) is 9.88 Å². The minimum absolute atomic E-state index is 0.0597. The summed E-state index contributed by atoms with van der Waals surface area (Å²) in [6.45, 7) is 2.29. The molecule has 2 unspecified atom stereocenters. The molecular formula is C13H18N4O2. The summed E-state index contributed by atoms with van der Waals surface area (Å²) in [5.41, 5.74) is 11.7. The number of amides is 2. The van der Waals surface area contributed by atoms with Gasteiger partial charge in [0.05, 0.1) is 11.6 Å². The molecule has 1 aromatic rings. The Morgan fingerprint density at radius 2 is 2.16 bits per heavy atom. The van der Waals surface area contributed by atoms with E-state index in [9.17, 15) is 9.59 Å². The van der Waals surface area contributed by atoms with Crippen LogP contribution in [0.5, 0.6) is 0 Å². The Bertz CT molecular complexity index is 503. The molecule has 6 heteroatoms. The Labute approximate surface area is 111 Å². The number of likely N-dealkylation sites (tertiary alicyclic amines) is 1. The molecule has 1 fully saturated rings. The lowest BCUT2D eigenvalue weighted by atomic mass is 9.92. The summed E-state index contributed by atoms with van der Waals surface area (Å²) >= 11 is 0. The van der Waals surface area contributed by atoms with Crippen LogP contribution in [0.2, 0.25) is 0 Å². The number of anilines is 1. The molecule has 0 saturated carbocycles. The van der Waals surface area contributed by atoms with Crippen molar-refractivity contribution >= 4 is 17.5 Å². The summed E-state index contributed by atoms with van der Waals surface area (Å²) in [5.74, 6) is -0.889. The number of primary amides is 1. The third kappa shape index (κ3) is 2.67. The van der Waals surface area contributed by atoms with E-state index in [0.717, 1.165) is 12.8 Å². The zero-order chi connectivity index (χ0) is 14.0. The van der Waals surface area contributed by atoms with Crippen LogP contribution >= 0.6 is 0 Å². The molecule has 0 spiro atoms. The molecule has 19 heavy (non-hydrogen) atoms. The minimum atomic E-state index is -0.362. The number of nitrogen functional groups attached to an aromatic ring is 1. The Balaban J connectivity index is 2.22. The van der Waals surface area contributed by atoms with Gasteiger partial charge in [-0.1, -0.05) is 0 Å². The maximum absolute atomic E-state index is 12.4. The summed E-state index contributed by atoms with van der Waals surface area (Å²) in [6.07, 6.45) is 3.01. The number of carbonyl (C=O) groups excluding carboxylic acids is 2. The molecular weight excluding hydrogens is 244 g/mol. The molecule has 2 amide bonds. The van der Waals surface area contributed by atoms with Crippen molar-refractivity contribution in [3.8, 4) is 0 Å². The number of nitrogens with zero attached hydrogens (tertiary/aromatic N) is 2. The summed E-state index contributed by atoms with van der Waals surface area (Å²) in [6, 6.07) is 3.38. The van der Waals surface area contributed by atoms with E-state index in [4.69, 9.17) is 11.5 Å². The highest BCUT2D eigenvalue weighted by Crippen LogP contribution is 2.24. The van der Waals surface area contributed by atoms with Crippen molar-refractivity contribution in [2.45, 2.75) is 25.8 Å². The fraction of sp³-hybridized carbons (Fsp3) is 0.462. The van der Waals surface area contributed by atoms with Crippen molar-refractivity contribution in [2.24, 2.45) is 11.7 Å². The first-order chi connectivity index (χ1) is 9.00. The standard InChI is InChI=1S/C13H18N4O2/c1-8-4-5-9(12(15)18)7-17(8)13(19)11-10(14)3-2-6-16-11/h2-3,6,8-9H,4-5,7,14H2,1H3,(H2,15,18). The predicted molar refractivity (Wildman–Crippen MR) is 71.1 cm³/mol. The van der Waals surface area contributed by atoms with Crippen molar-refractivity contribution in [2.75, 3.05) is 12.3 Å². The van der Waals surface area contributed by atoms with Gasteiger partial charge in [0.2, 0.25) is 5.91 Å². The molecule has 2 rings (SSSR count). The topological polar surface area (TPSA) is 102 Å². The average Bonchev–Trinajstić information content (AvgIpc) is 2.38. The normalized spacial score (nSPS) is 23.1. The van der Waals surface area contributed by atoms with Crippen molar-refractivity contribution in [1.29, 1.82) is 0 Å².